The Kier molecular flexibility index (Phi) is 4.22. The Bertz CT molecular complexity index is 700. The summed E-state index contributed by atoms with van der Waals surface area (Å²) in [7, 11) is 0. The average molecular weight is 314 g/mol. The first-order chi connectivity index (χ1) is 10.3. The van der Waals surface area contributed by atoms with Crippen LogP contribution in [0.2, 0.25) is 0 Å². The fourth-order valence-electron chi connectivity index (χ4n) is 4.31. The minimum Gasteiger partial charge on any atom is -0.337 e. The highest BCUT2D eigenvalue weighted by Crippen LogP contribution is 2.44. The van der Waals surface area contributed by atoms with E-state index in [4.69, 9.17) is 0 Å². The Morgan fingerprint density at radius 1 is 1.36 bits per heavy atom. The van der Waals surface area contributed by atoms with Gasteiger partial charge < -0.3 is 4.57 Å². The summed E-state index contributed by atoms with van der Waals surface area (Å²) in [5.41, 5.74) is 5.28. The van der Waals surface area contributed by atoms with Gasteiger partial charge in [-0.3, -0.25) is 0 Å². The molecule has 3 nitrogen and oxygen atoms in total. The summed E-state index contributed by atoms with van der Waals surface area (Å²) in [5, 5.41) is 9.32. The molecule has 4 rings (SSSR count). The lowest BCUT2D eigenvalue weighted by molar-refractivity contribution is 0.334. The largest absolute Gasteiger partial charge is 0.337 e. The molecule has 0 radical (unpaired) electrons. The Morgan fingerprint density at radius 3 is 3.05 bits per heavy atom. The maximum absolute atomic E-state index is 9.32. The summed E-state index contributed by atoms with van der Waals surface area (Å²) < 4.78 is 2.20. The number of nitrogens with zero attached hydrogens (tertiary/aromatic N) is 3. The zero-order valence-electron chi connectivity index (χ0n) is 12.5. The van der Waals surface area contributed by atoms with Crippen LogP contribution in [0.15, 0.2) is 30.9 Å². The second-order valence-electron chi connectivity index (χ2n) is 6.43. The van der Waals surface area contributed by atoms with Gasteiger partial charge in [-0.15, -0.1) is 12.4 Å². The van der Waals surface area contributed by atoms with Gasteiger partial charge in [0.15, 0.2) is 0 Å². The molecule has 0 aliphatic heterocycles. The molecule has 0 N–H and O–H groups in total. The van der Waals surface area contributed by atoms with E-state index in [0.717, 1.165) is 24.9 Å². The van der Waals surface area contributed by atoms with Gasteiger partial charge in [0.05, 0.1) is 18.0 Å². The standard InChI is InChI=1S/C18H19N3.ClH/c19-10-16-5-4-15-9-13(11-21-7-6-20-12-21)8-14-2-1-3-17(16)18(14)15;/h4-7,12-14H,1-3,8-9,11H2;1H/t13-,14-;/m0./s1. The quantitative estimate of drug-likeness (QED) is 0.845. The monoisotopic (exact) mass is 313 g/mol. The van der Waals surface area contributed by atoms with Gasteiger partial charge in [-0.05, 0) is 66.7 Å². The molecule has 22 heavy (non-hydrogen) atoms. The van der Waals surface area contributed by atoms with E-state index in [1.54, 1.807) is 0 Å². The van der Waals surface area contributed by atoms with Crippen molar-refractivity contribution in [3.05, 3.63) is 53.1 Å². The Hall–Kier alpha value is -1.79. The number of rotatable bonds is 2. The highest BCUT2D eigenvalue weighted by molar-refractivity contribution is 5.85. The van der Waals surface area contributed by atoms with Gasteiger partial charge in [0.2, 0.25) is 0 Å². The third-order valence-electron chi connectivity index (χ3n) is 5.11. The van der Waals surface area contributed by atoms with E-state index in [9.17, 15) is 5.26 Å². The minimum atomic E-state index is 0. The zero-order valence-corrected chi connectivity index (χ0v) is 13.4. The van der Waals surface area contributed by atoms with E-state index in [0.29, 0.717) is 11.8 Å². The third-order valence-corrected chi connectivity index (χ3v) is 5.11. The van der Waals surface area contributed by atoms with E-state index in [1.807, 2.05) is 18.6 Å². The van der Waals surface area contributed by atoms with Gasteiger partial charge in [0.1, 0.15) is 0 Å². The second-order valence-corrected chi connectivity index (χ2v) is 6.43. The third kappa shape index (κ3) is 2.53. The minimum absolute atomic E-state index is 0. The highest BCUT2D eigenvalue weighted by Gasteiger charge is 2.32. The van der Waals surface area contributed by atoms with Crippen molar-refractivity contribution in [2.24, 2.45) is 5.92 Å². The first-order valence-electron chi connectivity index (χ1n) is 7.85. The molecule has 2 aromatic rings. The molecule has 0 bridgehead atoms. The summed E-state index contributed by atoms with van der Waals surface area (Å²) >= 11 is 0. The van der Waals surface area contributed by atoms with Crippen LogP contribution < -0.4 is 0 Å². The Labute approximate surface area is 137 Å². The summed E-state index contributed by atoms with van der Waals surface area (Å²) in [4.78, 5) is 4.15. The van der Waals surface area contributed by atoms with Crippen LogP contribution in [0.1, 0.15) is 47.4 Å². The molecule has 2 atom stereocenters. The number of imidazole rings is 1. The van der Waals surface area contributed by atoms with Crippen molar-refractivity contribution in [1.29, 1.82) is 5.26 Å². The van der Waals surface area contributed by atoms with E-state index in [2.05, 4.69) is 27.9 Å². The van der Waals surface area contributed by atoms with Crippen LogP contribution in [0.5, 0.6) is 0 Å². The van der Waals surface area contributed by atoms with Gasteiger partial charge in [0, 0.05) is 18.9 Å². The number of benzene rings is 1. The molecule has 0 saturated carbocycles. The molecule has 0 saturated heterocycles. The molecule has 1 aromatic carbocycles. The molecule has 0 spiro atoms. The first-order valence-corrected chi connectivity index (χ1v) is 7.85. The average Bonchev–Trinajstić information content (AvgIpc) is 3.01. The van der Waals surface area contributed by atoms with Gasteiger partial charge in [-0.25, -0.2) is 4.98 Å². The van der Waals surface area contributed by atoms with Crippen molar-refractivity contribution in [2.75, 3.05) is 0 Å². The van der Waals surface area contributed by atoms with Crippen molar-refractivity contribution < 1.29 is 0 Å². The van der Waals surface area contributed by atoms with Crippen molar-refractivity contribution in [2.45, 2.75) is 44.6 Å². The van der Waals surface area contributed by atoms with E-state index < -0.39 is 0 Å². The maximum atomic E-state index is 9.32. The van der Waals surface area contributed by atoms with Crippen molar-refractivity contribution in [3.63, 3.8) is 0 Å². The lowest BCUT2D eigenvalue weighted by Crippen LogP contribution is -2.26. The predicted octanol–water partition coefficient (Wildman–Crippen LogP) is 3.86. The molecule has 2 aliphatic rings. The van der Waals surface area contributed by atoms with Crippen molar-refractivity contribution in [1.82, 2.24) is 9.55 Å². The zero-order chi connectivity index (χ0) is 14.2. The molecule has 2 aliphatic carbocycles. The van der Waals surface area contributed by atoms with Crippen LogP contribution in [0.3, 0.4) is 0 Å². The van der Waals surface area contributed by atoms with Crippen molar-refractivity contribution >= 4 is 12.4 Å². The molecule has 4 heteroatoms. The van der Waals surface area contributed by atoms with Crippen LogP contribution in [0.25, 0.3) is 0 Å². The lowest BCUT2D eigenvalue weighted by Gasteiger charge is -2.36. The normalized spacial score (nSPS) is 22.3. The fourth-order valence-corrected chi connectivity index (χ4v) is 4.31. The van der Waals surface area contributed by atoms with E-state index >= 15 is 0 Å². The number of hydrogen-bond acceptors (Lipinski definition) is 2. The van der Waals surface area contributed by atoms with Gasteiger partial charge in [0.25, 0.3) is 0 Å². The molecule has 0 amide bonds. The number of aromatic nitrogens is 2. The topological polar surface area (TPSA) is 41.6 Å². The maximum Gasteiger partial charge on any atom is 0.0994 e. The molecule has 0 unspecified atom stereocenters. The fraction of sp³-hybridized carbons (Fsp3) is 0.444. The van der Waals surface area contributed by atoms with Crippen molar-refractivity contribution in [3.8, 4) is 6.07 Å². The van der Waals surface area contributed by atoms with Crippen LogP contribution >= 0.6 is 12.4 Å². The molecular weight excluding hydrogens is 294 g/mol. The molecule has 114 valence electrons. The van der Waals surface area contributed by atoms with Gasteiger partial charge >= 0.3 is 0 Å². The Morgan fingerprint density at radius 2 is 2.27 bits per heavy atom. The van der Waals surface area contributed by atoms with E-state index in [-0.39, 0.29) is 12.4 Å². The molecule has 1 heterocycles. The Balaban J connectivity index is 0.00000144. The number of halogens is 1. The molecule has 0 fully saturated rings. The smallest absolute Gasteiger partial charge is 0.0994 e. The molecular formula is C18H20ClN3. The number of nitriles is 1. The number of hydrogen-bond donors (Lipinski definition) is 0. The summed E-state index contributed by atoms with van der Waals surface area (Å²) in [6.07, 6.45) is 11.8. The van der Waals surface area contributed by atoms with Crippen LogP contribution in [0.4, 0.5) is 0 Å². The highest BCUT2D eigenvalue weighted by atomic mass is 35.5. The summed E-state index contributed by atoms with van der Waals surface area (Å²) in [5.74, 6) is 1.36. The first kappa shape index (κ1) is 15.1. The van der Waals surface area contributed by atoms with Crippen LogP contribution in [-0.2, 0) is 19.4 Å². The SMILES string of the molecule is Cl.N#Cc1ccc2c3c1CCC[C@H]3C[C@H](Cn1ccnc1)C2. The summed E-state index contributed by atoms with van der Waals surface area (Å²) in [6, 6.07) is 6.63. The van der Waals surface area contributed by atoms with Gasteiger partial charge in [-0.1, -0.05) is 6.07 Å². The second kappa shape index (κ2) is 6.14. The van der Waals surface area contributed by atoms with E-state index in [1.165, 1.54) is 36.0 Å². The lowest BCUT2D eigenvalue weighted by atomic mass is 9.69. The summed E-state index contributed by atoms with van der Waals surface area (Å²) in [6.45, 7) is 1.06. The van der Waals surface area contributed by atoms with Crippen LogP contribution in [-0.4, -0.2) is 9.55 Å². The van der Waals surface area contributed by atoms with Gasteiger partial charge in [-0.2, -0.15) is 5.26 Å². The predicted molar refractivity (Wildman–Crippen MR) is 88.1 cm³/mol. The van der Waals surface area contributed by atoms with Crippen LogP contribution in [0, 0.1) is 17.2 Å². The molecule has 1 aromatic heterocycles.